The minimum atomic E-state index is -1.30. The minimum Gasteiger partial charge on any atom is -0.430 e. The minimum absolute atomic E-state index is 0.00736. The Morgan fingerprint density at radius 2 is 2.20 bits per heavy atom. The van der Waals surface area contributed by atoms with Crippen molar-refractivity contribution in [3.05, 3.63) is 46.3 Å². The fourth-order valence-corrected chi connectivity index (χ4v) is 2.28. The second-order valence-corrected chi connectivity index (χ2v) is 4.67. The zero-order valence-electron chi connectivity index (χ0n) is 10.4. The van der Waals surface area contributed by atoms with Gasteiger partial charge in [-0.15, -0.1) is 0 Å². The van der Waals surface area contributed by atoms with Crippen LogP contribution < -0.4 is 0 Å². The zero-order valence-corrected chi connectivity index (χ0v) is 11.2. The van der Waals surface area contributed by atoms with E-state index in [2.05, 4.69) is 10.0 Å². The predicted molar refractivity (Wildman–Crippen MR) is 70.9 cm³/mol. The van der Waals surface area contributed by atoms with Gasteiger partial charge in [0.15, 0.2) is 6.23 Å². The Hall–Kier alpha value is -1.82. The van der Waals surface area contributed by atoms with Crippen LogP contribution in [0.3, 0.4) is 0 Å². The average molecular weight is 299 g/mol. The van der Waals surface area contributed by atoms with Gasteiger partial charge in [0.2, 0.25) is 0 Å². The van der Waals surface area contributed by atoms with Crippen molar-refractivity contribution in [2.75, 3.05) is 13.1 Å². The molecule has 3 atom stereocenters. The summed E-state index contributed by atoms with van der Waals surface area (Å²) in [5.41, 5.74) is 8.10. The van der Waals surface area contributed by atoms with E-state index in [1.54, 1.807) is 29.2 Å². The highest BCUT2D eigenvalue weighted by Gasteiger charge is 2.37. The number of rotatable bonds is 4. The molecule has 1 aliphatic rings. The molecule has 0 N–H and O–H groups in total. The molecule has 0 aliphatic carbocycles. The number of hydrogen-bond acceptors (Lipinski definition) is 4. The van der Waals surface area contributed by atoms with Crippen LogP contribution in [0.4, 0.5) is 9.18 Å². The number of likely N-dealkylation sites (tertiary alicyclic amines) is 1. The summed E-state index contributed by atoms with van der Waals surface area (Å²) in [6.07, 6.45) is -2.09. The molecular formula is C12H12ClFN4O2. The summed E-state index contributed by atoms with van der Waals surface area (Å²) >= 11 is 5.27. The van der Waals surface area contributed by atoms with E-state index < -0.39 is 23.9 Å². The zero-order chi connectivity index (χ0) is 14.5. The van der Waals surface area contributed by atoms with Crippen LogP contribution in [0.5, 0.6) is 0 Å². The van der Waals surface area contributed by atoms with Crippen molar-refractivity contribution in [3.8, 4) is 0 Å². The third-order valence-corrected chi connectivity index (χ3v) is 3.16. The summed E-state index contributed by atoms with van der Waals surface area (Å²) in [5.74, 6) is 0. The summed E-state index contributed by atoms with van der Waals surface area (Å²) in [6, 6.07) is 8.07. The smallest absolute Gasteiger partial charge is 0.405 e. The molecule has 0 bridgehead atoms. The molecule has 1 aromatic rings. The standard InChI is InChI=1S/C12H12ClFN4O2/c13-12(19)20-11(8-4-2-1-3-5-8)18-6-9(14)10(7-18)16-17-15/h1-5,9-11H,6-7H2. The Bertz CT molecular complexity index is 523. The number of azide groups is 1. The van der Waals surface area contributed by atoms with E-state index in [9.17, 15) is 9.18 Å². The lowest BCUT2D eigenvalue weighted by Gasteiger charge is -2.26. The van der Waals surface area contributed by atoms with Crippen molar-refractivity contribution >= 4 is 17.0 Å². The molecule has 0 radical (unpaired) electrons. The molecule has 0 aromatic heterocycles. The number of halogens is 2. The molecule has 0 saturated carbocycles. The summed E-state index contributed by atoms with van der Waals surface area (Å²) in [7, 11) is 0. The first-order valence-electron chi connectivity index (χ1n) is 5.95. The topological polar surface area (TPSA) is 78.3 Å². The van der Waals surface area contributed by atoms with E-state index in [-0.39, 0.29) is 13.1 Å². The molecule has 0 spiro atoms. The number of carbonyl (C=O) groups excluding carboxylic acids is 1. The molecule has 1 aromatic carbocycles. The maximum atomic E-state index is 13.8. The molecule has 1 heterocycles. The van der Waals surface area contributed by atoms with E-state index in [0.29, 0.717) is 5.56 Å². The quantitative estimate of drug-likeness (QED) is 0.370. The maximum Gasteiger partial charge on any atom is 0.405 e. The third kappa shape index (κ3) is 3.39. The molecular weight excluding hydrogens is 287 g/mol. The number of carbonyl (C=O) groups is 1. The molecule has 2 rings (SSSR count). The van der Waals surface area contributed by atoms with Gasteiger partial charge in [-0.05, 0) is 5.53 Å². The van der Waals surface area contributed by atoms with E-state index in [1.807, 2.05) is 6.07 Å². The second-order valence-electron chi connectivity index (χ2n) is 4.36. The van der Waals surface area contributed by atoms with Gasteiger partial charge in [0.05, 0.1) is 6.04 Å². The monoisotopic (exact) mass is 298 g/mol. The van der Waals surface area contributed by atoms with E-state index in [4.69, 9.17) is 21.9 Å². The highest BCUT2D eigenvalue weighted by Crippen LogP contribution is 2.29. The lowest BCUT2D eigenvalue weighted by molar-refractivity contribution is 0.00637. The molecule has 8 heteroatoms. The third-order valence-electron chi connectivity index (χ3n) is 3.07. The summed E-state index contributed by atoms with van der Waals surface area (Å²) < 4.78 is 18.8. The highest BCUT2D eigenvalue weighted by atomic mass is 35.5. The summed E-state index contributed by atoms with van der Waals surface area (Å²) in [4.78, 5) is 15.2. The molecule has 3 unspecified atom stereocenters. The van der Waals surface area contributed by atoms with Gasteiger partial charge in [0.25, 0.3) is 0 Å². The number of ether oxygens (including phenoxy) is 1. The Morgan fingerprint density at radius 1 is 1.50 bits per heavy atom. The van der Waals surface area contributed by atoms with Crippen LogP contribution in [0, 0.1) is 0 Å². The second kappa shape index (κ2) is 6.56. The van der Waals surface area contributed by atoms with Gasteiger partial charge in [-0.1, -0.05) is 35.4 Å². The van der Waals surface area contributed by atoms with E-state index in [1.165, 1.54) is 0 Å². The van der Waals surface area contributed by atoms with Crippen molar-refractivity contribution in [1.29, 1.82) is 0 Å². The van der Waals surface area contributed by atoms with Crippen LogP contribution in [-0.2, 0) is 4.74 Å². The SMILES string of the molecule is [N-]=[N+]=NC1CN(C(OC(=O)Cl)c2ccccc2)CC1F. The van der Waals surface area contributed by atoms with Crippen LogP contribution in [0.1, 0.15) is 11.8 Å². The van der Waals surface area contributed by atoms with Crippen LogP contribution in [0.2, 0.25) is 0 Å². The fourth-order valence-electron chi connectivity index (χ4n) is 2.20. The lowest BCUT2D eigenvalue weighted by atomic mass is 10.2. The van der Waals surface area contributed by atoms with Gasteiger partial charge in [0.1, 0.15) is 6.17 Å². The van der Waals surface area contributed by atoms with Gasteiger partial charge in [-0.3, -0.25) is 4.90 Å². The highest BCUT2D eigenvalue weighted by molar-refractivity contribution is 6.61. The first kappa shape index (κ1) is 14.6. The lowest BCUT2D eigenvalue weighted by Crippen LogP contribution is -2.30. The van der Waals surface area contributed by atoms with E-state index >= 15 is 0 Å². The van der Waals surface area contributed by atoms with Crippen molar-refractivity contribution in [2.45, 2.75) is 18.4 Å². The first-order valence-corrected chi connectivity index (χ1v) is 6.33. The Balaban J connectivity index is 2.20. The summed E-state index contributed by atoms with van der Waals surface area (Å²) in [5, 5.41) is 3.40. The molecule has 20 heavy (non-hydrogen) atoms. The molecule has 6 nitrogen and oxygen atoms in total. The van der Waals surface area contributed by atoms with Gasteiger partial charge in [-0.25, -0.2) is 9.18 Å². The van der Waals surface area contributed by atoms with Gasteiger partial charge in [0, 0.05) is 35.2 Å². The van der Waals surface area contributed by atoms with Crippen LogP contribution in [-0.4, -0.2) is 35.6 Å². The van der Waals surface area contributed by atoms with Crippen LogP contribution in [0.25, 0.3) is 10.4 Å². The predicted octanol–water partition coefficient (Wildman–Crippen LogP) is 3.39. The number of nitrogens with zero attached hydrogens (tertiary/aromatic N) is 4. The molecule has 1 aliphatic heterocycles. The molecule has 1 saturated heterocycles. The van der Waals surface area contributed by atoms with Crippen molar-refractivity contribution in [3.63, 3.8) is 0 Å². The average Bonchev–Trinajstić information content (AvgIpc) is 2.79. The van der Waals surface area contributed by atoms with Crippen LogP contribution in [0.15, 0.2) is 35.4 Å². The van der Waals surface area contributed by atoms with E-state index in [0.717, 1.165) is 0 Å². The number of alkyl halides is 1. The normalized spacial score (nSPS) is 23.9. The van der Waals surface area contributed by atoms with Crippen molar-refractivity contribution in [2.24, 2.45) is 5.11 Å². The molecule has 0 amide bonds. The Kier molecular flexibility index (Phi) is 4.79. The summed E-state index contributed by atoms with van der Waals surface area (Å²) in [6.45, 7) is 0.169. The van der Waals surface area contributed by atoms with Gasteiger partial charge in [-0.2, -0.15) is 0 Å². The Labute approximate surface area is 119 Å². The number of benzene rings is 1. The van der Waals surface area contributed by atoms with Gasteiger partial charge >= 0.3 is 5.43 Å². The molecule has 106 valence electrons. The van der Waals surface area contributed by atoms with Crippen molar-refractivity contribution < 1.29 is 13.9 Å². The van der Waals surface area contributed by atoms with Gasteiger partial charge < -0.3 is 4.74 Å². The van der Waals surface area contributed by atoms with Crippen LogP contribution >= 0.6 is 11.6 Å². The first-order chi connectivity index (χ1) is 9.61. The fraction of sp³-hybridized carbons (Fsp3) is 0.417. The number of hydrogen-bond donors (Lipinski definition) is 0. The Morgan fingerprint density at radius 3 is 2.80 bits per heavy atom. The van der Waals surface area contributed by atoms with Crippen molar-refractivity contribution in [1.82, 2.24) is 4.90 Å². The molecule has 1 fully saturated rings. The maximum absolute atomic E-state index is 13.8. The largest absolute Gasteiger partial charge is 0.430 e.